The molecule has 3 nitrogen and oxygen atoms in total. The monoisotopic (exact) mass is 200 g/mol. The normalized spacial score (nSPS) is 26.8. The van der Waals surface area contributed by atoms with E-state index in [1.165, 1.54) is 11.8 Å². The predicted octanol–water partition coefficient (Wildman–Crippen LogP) is 1.23. The van der Waals surface area contributed by atoms with E-state index in [1.54, 1.807) is 0 Å². The van der Waals surface area contributed by atoms with Crippen molar-refractivity contribution in [3.05, 3.63) is 11.5 Å². The van der Waals surface area contributed by atoms with E-state index in [2.05, 4.69) is 9.98 Å². The molecule has 2 rings (SSSR count). The first kappa shape index (κ1) is 8.01. The summed E-state index contributed by atoms with van der Waals surface area (Å²) in [4.78, 5) is 19.1. The van der Waals surface area contributed by atoms with Gasteiger partial charge in [0, 0.05) is 0 Å². The molecule has 2 heterocycles. The molecule has 0 N–H and O–H groups in total. The summed E-state index contributed by atoms with van der Waals surface area (Å²) in [6.07, 6.45) is 1.83. The molecule has 0 aromatic heterocycles. The summed E-state index contributed by atoms with van der Waals surface area (Å²) in [5.74, 6) is 0.464. The van der Waals surface area contributed by atoms with Crippen LogP contribution in [0.4, 0.5) is 0 Å². The van der Waals surface area contributed by atoms with E-state index in [-0.39, 0.29) is 17.0 Å². The minimum Gasteiger partial charge on any atom is -0.271 e. The Balaban J connectivity index is 2.35. The van der Waals surface area contributed by atoms with Crippen LogP contribution in [0.3, 0.4) is 0 Å². The van der Waals surface area contributed by atoms with Crippen molar-refractivity contribution in [2.75, 3.05) is 5.88 Å². The molecule has 1 atom stereocenters. The highest BCUT2D eigenvalue weighted by molar-refractivity contribution is 8.04. The van der Waals surface area contributed by atoms with Gasteiger partial charge in [0.25, 0.3) is 5.91 Å². The van der Waals surface area contributed by atoms with E-state index in [0.717, 1.165) is 5.71 Å². The van der Waals surface area contributed by atoms with Crippen molar-refractivity contribution in [2.24, 2.45) is 9.98 Å². The van der Waals surface area contributed by atoms with Gasteiger partial charge in [-0.2, -0.15) is 4.99 Å². The average Bonchev–Trinajstić information content (AvgIpc) is 2.52. The molecule has 0 saturated carbocycles. The molecule has 2 aliphatic heterocycles. The number of alkyl halides is 1. The van der Waals surface area contributed by atoms with Gasteiger partial charge in [-0.05, 0) is 11.5 Å². The highest BCUT2D eigenvalue weighted by Gasteiger charge is 2.29. The first-order chi connectivity index (χ1) is 5.81. The van der Waals surface area contributed by atoms with Crippen molar-refractivity contribution in [3.8, 4) is 0 Å². The summed E-state index contributed by atoms with van der Waals surface area (Å²) in [5.41, 5.74) is 0.774. The second kappa shape index (κ2) is 3.03. The number of carbonyl (C=O) groups excluding carboxylic acids is 1. The number of allylic oxidation sites excluding steroid dienone is 1. The molecule has 0 radical (unpaired) electrons. The Labute approximate surface area is 78.6 Å². The Hall–Kier alpha value is -0.610. The maximum Gasteiger partial charge on any atom is 0.267 e. The average molecular weight is 201 g/mol. The molecule has 1 unspecified atom stereocenters. The molecular formula is C7H5ClN2OS. The number of halogens is 1. The molecule has 0 saturated heterocycles. The van der Waals surface area contributed by atoms with E-state index in [1.807, 2.05) is 11.5 Å². The SMILES string of the molecule is O=C1N=C(CCl)N=C2C=CSC12. The number of amidine groups is 1. The number of hydrogen-bond acceptors (Lipinski definition) is 3. The van der Waals surface area contributed by atoms with Gasteiger partial charge in [0.2, 0.25) is 0 Å². The Kier molecular flexibility index (Phi) is 2.02. The van der Waals surface area contributed by atoms with Crippen LogP contribution >= 0.6 is 23.4 Å². The third-order valence-corrected chi connectivity index (χ3v) is 2.81. The van der Waals surface area contributed by atoms with Gasteiger partial charge < -0.3 is 0 Å². The van der Waals surface area contributed by atoms with E-state index in [4.69, 9.17) is 11.6 Å². The second-order valence-corrected chi connectivity index (χ2v) is 3.64. The zero-order valence-electron chi connectivity index (χ0n) is 6.03. The van der Waals surface area contributed by atoms with Crippen LogP contribution in [-0.2, 0) is 4.79 Å². The topological polar surface area (TPSA) is 41.8 Å². The highest BCUT2D eigenvalue weighted by Crippen LogP contribution is 2.25. The highest BCUT2D eigenvalue weighted by atomic mass is 35.5. The molecule has 0 spiro atoms. The lowest BCUT2D eigenvalue weighted by atomic mass is 10.2. The zero-order valence-corrected chi connectivity index (χ0v) is 7.60. The number of thioether (sulfide) groups is 1. The number of aliphatic imine (C=N–C) groups is 2. The van der Waals surface area contributed by atoms with E-state index in [0.29, 0.717) is 5.84 Å². The molecule has 0 aromatic carbocycles. The van der Waals surface area contributed by atoms with Gasteiger partial charge in [-0.3, -0.25) is 4.79 Å². The standard InChI is InChI=1S/C7H5ClN2OS/c8-3-5-9-4-1-2-12-6(4)7(11)10-5/h1-2,6H,3H2. The lowest BCUT2D eigenvalue weighted by Crippen LogP contribution is -2.27. The summed E-state index contributed by atoms with van der Waals surface area (Å²) in [7, 11) is 0. The van der Waals surface area contributed by atoms with E-state index in [9.17, 15) is 4.79 Å². The van der Waals surface area contributed by atoms with Gasteiger partial charge in [0.1, 0.15) is 11.1 Å². The van der Waals surface area contributed by atoms with E-state index < -0.39 is 0 Å². The van der Waals surface area contributed by atoms with Crippen LogP contribution < -0.4 is 0 Å². The molecular weight excluding hydrogens is 196 g/mol. The van der Waals surface area contributed by atoms with Crippen molar-refractivity contribution < 1.29 is 4.79 Å². The van der Waals surface area contributed by atoms with E-state index >= 15 is 0 Å². The van der Waals surface area contributed by atoms with Crippen LogP contribution in [0.2, 0.25) is 0 Å². The van der Waals surface area contributed by atoms with Crippen LogP contribution in [0.1, 0.15) is 0 Å². The smallest absolute Gasteiger partial charge is 0.267 e. The number of fused-ring (bicyclic) bond motifs is 1. The third-order valence-electron chi connectivity index (χ3n) is 1.56. The second-order valence-electron chi connectivity index (χ2n) is 2.36. The maximum absolute atomic E-state index is 11.3. The largest absolute Gasteiger partial charge is 0.271 e. The lowest BCUT2D eigenvalue weighted by molar-refractivity contribution is -0.116. The predicted molar refractivity (Wildman–Crippen MR) is 51.1 cm³/mol. The molecule has 0 aliphatic carbocycles. The Morgan fingerprint density at radius 1 is 1.58 bits per heavy atom. The molecule has 1 amide bonds. The number of rotatable bonds is 1. The zero-order chi connectivity index (χ0) is 8.55. The summed E-state index contributed by atoms with van der Waals surface area (Å²) < 4.78 is 0. The minimum atomic E-state index is -0.211. The van der Waals surface area contributed by atoms with Gasteiger partial charge in [-0.1, -0.05) is 0 Å². The summed E-state index contributed by atoms with van der Waals surface area (Å²) >= 11 is 6.95. The maximum atomic E-state index is 11.3. The lowest BCUT2D eigenvalue weighted by Gasteiger charge is -2.11. The first-order valence-electron chi connectivity index (χ1n) is 3.39. The molecule has 2 aliphatic rings. The fourth-order valence-corrected chi connectivity index (χ4v) is 1.98. The van der Waals surface area contributed by atoms with Gasteiger partial charge in [-0.25, -0.2) is 4.99 Å². The fraction of sp³-hybridized carbons (Fsp3) is 0.286. The summed E-state index contributed by atoms with van der Waals surface area (Å²) in [6, 6.07) is 0. The summed E-state index contributed by atoms with van der Waals surface area (Å²) in [6.45, 7) is 0. The van der Waals surface area contributed by atoms with Crippen molar-refractivity contribution in [1.29, 1.82) is 0 Å². The third kappa shape index (κ3) is 1.21. The van der Waals surface area contributed by atoms with Crippen molar-refractivity contribution in [2.45, 2.75) is 5.25 Å². The Bertz CT molecular complexity index is 321. The van der Waals surface area contributed by atoms with Crippen molar-refractivity contribution in [3.63, 3.8) is 0 Å². The van der Waals surface area contributed by atoms with Gasteiger partial charge >= 0.3 is 0 Å². The quantitative estimate of drug-likeness (QED) is 0.598. The molecule has 0 aromatic rings. The van der Waals surface area contributed by atoms with Crippen molar-refractivity contribution in [1.82, 2.24) is 0 Å². The van der Waals surface area contributed by atoms with Crippen LogP contribution in [0.15, 0.2) is 21.5 Å². The molecule has 5 heteroatoms. The number of hydrogen-bond donors (Lipinski definition) is 0. The molecule has 62 valence electrons. The molecule has 12 heavy (non-hydrogen) atoms. The van der Waals surface area contributed by atoms with Crippen LogP contribution in [-0.4, -0.2) is 28.6 Å². The van der Waals surface area contributed by atoms with Crippen LogP contribution in [0.5, 0.6) is 0 Å². The van der Waals surface area contributed by atoms with Gasteiger partial charge in [0.15, 0.2) is 0 Å². The number of nitrogens with zero attached hydrogens (tertiary/aromatic N) is 2. The first-order valence-corrected chi connectivity index (χ1v) is 4.87. The minimum absolute atomic E-state index is 0.148. The van der Waals surface area contributed by atoms with Gasteiger partial charge in [-0.15, -0.1) is 23.4 Å². The Morgan fingerprint density at radius 3 is 3.17 bits per heavy atom. The van der Waals surface area contributed by atoms with Crippen LogP contribution in [0.25, 0.3) is 0 Å². The van der Waals surface area contributed by atoms with Crippen molar-refractivity contribution >= 4 is 40.8 Å². The van der Waals surface area contributed by atoms with Gasteiger partial charge in [0.05, 0.1) is 11.6 Å². The summed E-state index contributed by atoms with van der Waals surface area (Å²) in [5, 5.41) is 1.64. The Morgan fingerprint density at radius 2 is 2.42 bits per heavy atom. The molecule has 0 bridgehead atoms. The molecule has 0 fully saturated rings. The van der Waals surface area contributed by atoms with Crippen LogP contribution in [0, 0.1) is 0 Å². The number of carbonyl (C=O) groups is 1. The fourth-order valence-electron chi connectivity index (χ4n) is 1.04. The number of amides is 1.